The minimum Gasteiger partial charge on any atom is -0.507 e. The second-order valence-electron chi connectivity index (χ2n) is 5.25. The van der Waals surface area contributed by atoms with Gasteiger partial charge in [-0.1, -0.05) is 0 Å². The Morgan fingerprint density at radius 2 is 1.96 bits per heavy atom. The number of rotatable bonds is 2. The zero-order valence-corrected chi connectivity index (χ0v) is 12.2. The Bertz CT molecular complexity index is 1050. The molecule has 0 spiro atoms. The van der Waals surface area contributed by atoms with E-state index in [0.29, 0.717) is 33.7 Å². The summed E-state index contributed by atoms with van der Waals surface area (Å²) < 4.78 is 12.4. The first kappa shape index (κ1) is 14.0. The highest BCUT2D eigenvalue weighted by Gasteiger charge is 2.20. The van der Waals surface area contributed by atoms with Crippen molar-refractivity contribution in [3.05, 3.63) is 47.7 Å². The first-order chi connectivity index (χ1) is 11.6. The lowest BCUT2D eigenvalue weighted by molar-refractivity contribution is 0.0693. The fourth-order valence-electron chi connectivity index (χ4n) is 2.77. The number of benzene rings is 2. The lowest BCUT2D eigenvalue weighted by Gasteiger charge is -2.08. The highest BCUT2D eigenvalue weighted by Crippen LogP contribution is 2.39. The zero-order chi connectivity index (χ0) is 16.8. The molecule has 2 heterocycles. The van der Waals surface area contributed by atoms with Crippen molar-refractivity contribution in [2.45, 2.75) is 0 Å². The van der Waals surface area contributed by atoms with Crippen LogP contribution in [0.15, 0.2) is 36.5 Å². The van der Waals surface area contributed by atoms with Crippen molar-refractivity contribution in [2.24, 2.45) is 0 Å². The molecule has 0 saturated carbocycles. The van der Waals surface area contributed by atoms with Crippen molar-refractivity contribution in [1.29, 1.82) is 5.26 Å². The maximum absolute atomic E-state index is 11.0. The largest absolute Gasteiger partial charge is 0.507 e. The van der Waals surface area contributed by atoms with Crippen molar-refractivity contribution in [2.75, 3.05) is 6.79 Å². The van der Waals surface area contributed by atoms with Crippen LogP contribution in [-0.2, 0) is 0 Å². The molecule has 0 atom stereocenters. The van der Waals surface area contributed by atoms with Gasteiger partial charge in [-0.05, 0) is 18.2 Å². The molecule has 0 radical (unpaired) electrons. The molecule has 0 saturated heterocycles. The third kappa shape index (κ3) is 1.94. The van der Waals surface area contributed by atoms with E-state index in [1.807, 2.05) is 0 Å². The molecule has 0 unspecified atom stereocenters. The second kappa shape index (κ2) is 4.93. The Labute approximate surface area is 135 Å². The molecule has 4 rings (SSSR count). The smallest absolute Gasteiger partial charge is 0.339 e. The van der Waals surface area contributed by atoms with Gasteiger partial charge in [0.15, 0.2) is 11.5 Å². The maximum atomic E-state index is 11.0. The minimum absolute atomic E-state index is 0.123. The van der Waals surface area contributed by atoms with Crippen molar-refractivity contribution in [3.8, 4) is 29.0 Å². The van der Waals surface area contributed by atoms with E-state index in [4.69, 9.17) is 14.6 Å². The van der Waals surface area contributed by atoms with Gasteiger partial charge in [-0.2, -0.15) is 5.26 Å². The van der Waals surface area contributed by atoms with Gasteiger partial charge in [-0.3, -0.25) is 0 Å². The van der Waals surface area contributed by atoms with Crippen molar-refractivity contribution in [3.63, 3.8) is 0 Å². The Morgan fingerprint density at radius 1 is 1.21 bits per heavy atom. The van der Waals surface area contributed by atoms with Crippen LogP contribution < -0.4 is 9.47 Å². The van der Waals surface area contributed by atoms with Gasteiger partial charge in [-0.15, -0.1) is 0 Å². The number of carboxylic acid groups (broad SMARTS) is 1. The number of fused-ring (bicyclic) bond motifs is 2. The van der Waals surface area contributed by atoms with E-state index in [1.165, 1.54) is 12.1 Å². The molecule has 1 aliphatic rings. The van der Waals surface area contributed by atoms with Crippen molar-refractivity contribution in [1.82, 2.24) is 4.57 Å². The molecule has 2 aromatic carbocycles. The van der Waals surface area contributed by atoms with Crippen molar-refractivity contribution >= 4 is 16.9 Å². The lowest BCUT2D eigenvalue weighted by Crippen LogP contribution is -1.99. The molecule has 0 fully saturated rings. The summed E-state index contributed by atoms with van der Waals surface area (Å²) in [6, 6.07) is 9.83. The average molecular weight is 322 g/mol. The van der Waals surface area contributed by atoms with Crippen molar-refractivity contribution < 1.29 is 24.5 Å². The van der Waals surface area contributed by atoms with E-state index in [1.54, 1.807) is 29.0 Å². The van der Waals surface area contributed by atoms with E-state index in [0.717, 1.165) is 0 Å². The summed E-state index contributed by atoms with van der Waals surface area (Å²) in [7, 11) is 0. The van der Waals surface area contributed by atoms with Gasteiger partial charge in [0.05, 0.1) is 11.1 Å². The Kier molecular flexibility index (Phi) is 2.87. The minimum atomic E-state index is -1.21. The number of phenols is 1. The molecule has 0 bridgehead atoms. The fourth-order valence-corrected chi connectivity index (χ4v) is 2.77. The number of hydrogen-bond donors (Lipinski definition) is 2. The van der Waals surface area contributed by atoms with E-state index < -0.39 is 5.97 Å². The number of nitriles is 1. The van der Waals surface area contributed by atoms with Crippen LogP contribution in [0.5, 0.6) is 17.2 Å². The summed E-state index contributed by atoms with van der Waals surface area (Å²) in [5.74, 6) is -0.419. The number of ether oxygens (including phenoxy) is 2. The SMILES string of the molecule is N#Cc1cn(-c2ccc(C(=O)O)c(O)c2)c2cc3c(cc12)OCO3. The van der Waals surface area contributed by atoms with Gasteiger partial charge in [-0.25, -0.2) is 4.79 Å². The summed E-state index contributed by atoms with van der Waals surface area (Å²) >= 11 is 0. The predicted octanol–water partition coefficient (Wildman–Crippen LogP) is 2.63. The van der Waals surface area contributed by atoms with Crippen LogP contribution in [0.3, 0.4) is 0 Å². The van der Waals surface area contributed by atoms with Gasteiger partial charge in [0.25, 0.3) is 0 Å². The van der Waals surface area contributed by atoms with Crippen LogP contribution in [0.2, 0.25) is 0 Å². The number of aromatic nitrogens is 1. The van der Waals surface area contributed by atoms with Crippen LogP contribution in [0.25, 0.3) is 16.6 Å². The maximum Gasteiger partial charge on any atom is 0.339 e. The molecule has 7 nitrogen and oxygen atoms in total. The first-order valence-corrected chi connectivity index (χ1v) is 7.00. The molecule has 2 N–H and O–H groups in total. The number of carboxylic acids is 1. The Balaban J connectivity index is 1.96. The number of nitrogens with zero attached hydrogens (tertiary/aromatic N) is 2. The van der Waals surface area contributed by atoms with E-state index in [-0.39, 0.29) is 18.1 Å². The van der Waals surface area contributed by atoms with Gasteiger partial charge in [0.1, 0.15) is 17.4 Å². The summed E-state index contributed by atoms with van der Waals surface area (Å²) in [5.41, 5.74) is 1.47. The highest BCUT2D eigenvalue weighted by atomic mass is 16.7. The predicted molar refractivity (Wildman–Crippen MR) is 82.7 cm³/mol. The summed E-state index contributed by atoms with van der Waals surface area (Å²) in [6.07, 6.45) is 1.62. The Hall–Kier alpha value is -3.66. The molecule has 0 amide bonds. The van der Waals surface area contributed by atoms with Gasteiger partial charge < -0.3 is 24.3 Å². The van der Waals surface area contributed by atoms with E-state index in [9.17, 15) is 15.2 Å². The molecule has 24 heavy (non-hydrogen) atoms. The quantitative estimate of drug-likeness (QED) is 0.751. The Morgan fingerprint density at radius 3 is 2.62 bits per heavy atom. The van der Waals surface area contributed by atoms with E-state index in [2.05, 4.69) is 6.07 Å². The molecule has 7 heteroatoms. The molecule has 0 aliphatic carbocycles. The average Bonchev–Trinajstić information content (AvgIpc) is 3.15. The van der Waals surface area contributed by atoms with Gasteiger partial charge in [0, 0.05) is 29.4 Å². The standard InChI is InChI=1S/C17H10N2O5/c18-6-9-7-19(10-1-2-11(17(21)22)14(20)3-10)13-5-16-15(4-12(9)13)23-8-24-16/h1-5,7,20H,8H2,(H,21,22). The number of aromatic hydroxyl groups is 1. The number of carbonyl (C=O) groups is 1. The summed E-state index contributed by atoms with van der Waals surface area (Å²) in [5, 5.41) is 29.0. The molecule has 118 valence electrons. The fraction of sp³-hybridized carbons (Fsp3) is 0.0588. The third-order valence-electron chi connectivity index (χ3n) is 3.91. The lowest BCUT2D eigenvalue weighted by atomic mass is 10.1. The van der Waals surface area contributed by atoms with Crippen LogP contribution >= 0.6 is 0 Å². The third-order valence-corrected chi connectivity index (χ3v) is 3.91. The molecular weight excluding hydrogens is 312 g/mol. The highest BCUT2D eigenvalue weighted by molar-refractivity contribution is 5.93. The molecule has 3 aromatic rings. The molecule has 1 aromatic heterocycles. The number of hydrogen-bond acceptors (Lipinski definition) is 5. The second-order valence-corrected chi connectivity index (χ2v) is 5.25. The number of aromatic carboxylic acids is 1. The topological polar surface area (TPSA) is 105 Å². The van der Waals surface area contributed by atoms with Crippen LogP contribution in [-0.4, -0.2) is 27.5 Å². The van der Waals surface area contributed by atoms with Crippen LogP contribution in [0.4, 0.5) is 0 Å². The van der Waals surface area contributed by atoms with Gasteiger partial charge >= 0.3 is 5.97 Å². The first-order valence-electron chi connectivity index (χ1n) is 7.00. The molecular formula is C17H10N2O5. The van der Waals surface area contributed by atoms with Crippen LogP contribution in [0, 0.1) is 11.3 Å². The zero-order valence-electron chi connectivity index (χ0n) is 12.2. The van der Waals surface area contributed by atoms with Crippen LogP contribution in [0.1, 0.15) is 15.9 Å². The van der Waals surface area contributed by atoms with Gasteiger partial charge in [0.2, 0.25) is 6.79 Å². The summed E-state index contributed by atoms with van der Waals surface area (Å²) in [6.45, 7) is 0.123. The normalized spacial score (nSPS) is 12.3. The molecule has 1 aliphatic heterocycles. The monoisotopic (exact) mass is 322 g/mol. The summed E-state index contributed by atoms with van der Waals surface area (Å²) in [4.78, 5) is 11.0. The van der Waals surface area contributed by atoms with E-state index >= 15 is 0 Å².